The second kappa shape index (κ2) is 4.33. The van der Waals surface area contributed by atoms with Crippen LogP contribution in [0.2, 0.25) is 0 Å². The van der Waals surface area contributed by atoms with Crippen LogP contribution in [0.15, 0.2) is 12.1 Å². The van der Waals surface area contributed by atoms with Crippen molar-refractivity contribution in [3.05, 3.63) is 34.6 Å². The van der Waals surface area contributed by atoms with Crippen molar-refractivity contribution in [1.82, 2.24) is 0 Å². The van der Waals surface area contributed by atoms with E-state index in [1.54, 1.807) is 6.07 Å². The smallest absolute Gasteiger partial charge is 0.341 e. The third-order valence-electron chi connectivity index (χ3n) is 1.82. The molecule has 0 heterocycles. The Morgan fingerprint density at radius 2 is 2.27 bits per heavy atom. The average molecular weight is 207 g/mol. The summed E-state index contributed by atoms with van der Waals surface area (Å²) < 4.78 is 17.5. The number of methoxy groups -OCH3 is 1. The van der Waals surface area contributed by atoms with E-state index in [1.165, 1.54) is 0 Å². The van der Waals surface area contributed by atoms with Gasteiger partial charge in [0.05, 0.1) is 18.7 Å². The van der Waals surface area contributed by atoms with Crippen molar-refractivity contribution in [1.29, 1.82) is 5.26 Å². The third-order valence-corrected chi connectivity index (χ3v) is 1.82. The third kappa shape index (κ3) is 1.83. The molecule has 0 spiro atoms. The van der Waals surface area contributed by atoms with Crippen LogP contribution in [-0.2, 0) is 4.74 Å². The summed E-state index contributed by atoms with van der Waals surface area (Å²) in [6.07, 6.45) is 0.258. The van der Waals surface area contributed by atoms with Crippen LogP contribution >= 0.6 is 0 Å². The summed E-state index contributed by atoms with van der Waals surface area (Å²) in [5.74, 6) is -1.87. The number of carbonyl (C=O) groups is 2. The highest BCUT2D eigenvalue weighted by atomic mass is 19.1. The number of nitrogens with zero attached hydrogens (tertiary/aromatic N) is 1. The van der Waals surface area contributed by atoms with Gasteiger partial charge in [-0.3, -0.25) is 4.79 Å². The molecule has 0 atom stereocenters. The van der Waals surface area contributed by atoms with Crippen LogP contribution in [0.3, 0.4) is 0 Å². The number of ether oxygens (including phenoxy) is 1. The van der Waals surface area contributed by atoms with E-state index >= 15 is 0 Å². The first-order valence-electron chi connectivity index (χ1n) is 3.91. The van der Waals surface area contributed by atoms with Gasteiger partial charge in [-0.1, -0.05) is 0 Å². The monoisotopic (exact) mass is 207 g/mol. The van der Waals surface area contributed by atoms with Gasteiger partial charge in [0.15, 0.2) is 6.29 Å². The van der Waals surface area contributed by atoms with E-state index in [4.69, 9.17) is 5.26 Å². The molecule has 0 bridgehead atoms. The molecule has 1 aromatic rings. The minimum absolute atomic E-state index is 0.0631. The van der Waals surface area contributed by atoms with Gasteiger partial charge in [0.1, 0.15) is 11.4 Å². The molecule has 1 aromatic carbocycles. The van der Waals surface area contributed by atoms with E-state index in [0.29, 0.717) is 0 Å². The van der Waals surface area contributed by atoms with E-state index in [9.17, 15) is 14.0 Å². The lowest BCUT2D eigenvalue weighted by Crippen LogP contribution is -2.10. The quantitative estimate of drug-likeness (QED) is 0.541. The van der Waals surface area contributed by atoms with Crippen molar-refractivity contribution < 1.29 is 18.7 Å². The normalized spacial score (nSPS) is 9.13. The first kappa shape index (κ1) is 10.9. The first-order chi connectivity index (χ1) is 7.15. The highest BCUT2D eigenvalue weighted by molar-refractivity contribution is 5.99. The number of rotatable bonds is 2. The van der Waals surface area contributed by atoms with Crippen molar-refractivity contribution in [2.24, 2.45) is 0 Å². The van der Waals surface area contributed by atoms with Crippen LogP contribution < -0.4 is 0 Å². The van der Waals surface area contributed by atoms with E-state index in [-0.39, 0.29) is 17.4 Å². The molecule has 0 radical (unpaired) electrons. The Hall–Kier alpha value is -2.22. The van der Waals surface area contributed by atoms with Gasteiger partial charge in [0.25, 0.3) is 0 Å². The van der Waals surface area contributed by atoms with Gasteiger partial charge in [0, 0.05) is 5.56 Å². The molecule has 0 aliphatic carbocycles. The van der Waals surface area contributed by atoms with E-state index in [2.05, 4.69) is 4.74 Å². The Kier molecular flexibility index (Phi) is 3.13. The number of hydrogen-bond donors (Lipinski definition) is 0. The second-order valence-electron chi connectivity index (χ2n) is 2.60. The van der Waals surface area contributed by atoms with Crippen LogP contribution in [0.5, 0.6) is 0 Å². The fraction of sp³-hybridized carbons (Fsp3) is 0.100. The number of esters is 1. The lowest BCUT2D eigenvalue weighted by Gasteiger charge is -2.05. The zero-order chi connectivity index (χ0) is 11.4. The summed E-state index contributed by atoms with van der Waals surface area (Å²) in [7, 11) is 1.06. The summed E-state index contributed by atoms with van der Waals surface area (Å²) in [6, 6.07) is 3.76. The summed E-state index contributed by atoms with van der Waals surface area (Å²) >= 11 is 0. The highest BCUT2D eigenvalue weighted by Gasteiger charge is 2.20. The predicted octanol–water partition coefficient (Wildman–Crippen LogP) is 1.30. The van der Waals surface area contributed by atoms with E-state index < -0.39 is 17.3 Å². The van der Waals surface area contributed by atoms with Crippen molar-refractivity contribution in [2.45, 2.75) is 0 Å². The van der Waals surface area contributed by atoms with Crippen LogP contribution in [0.25, 0.3) is 0 Å². The molecular weight excluding hydrogens is 201 g/mol. The van der Waals surface area contributed by atoms with E-state index in [1.807, 2.05) is 0 Å². The Morgan fingerprint density at radius 1 is 1.60 bits per heavy atom. The predicted molar refractivity (Wildman–Crippen MR) is 47.8 cm³/mol. The van der Waals surface area contributed by atoms with Crippen molar-refractivity contribution in [2.75, 3.05) is 7.11 Å². The average Bonchev–Trinajstić information content (AvgIpc) is 2.27. The molecule has 0 aromatic heterocycles. The molecule has 4 nitrogen and oxygen atoms in total. The highest BCUT2D eigenvalue weighted by Crippen LogP contribution is 2.17. The van der Waals surface area contributed by atoms with Gasteiger partial charge in [-0.25, -0.2) is 9.18 Å². The lowest BCUT2D eigenvalue weighted by molar-refractivity contribution is 0.0593. The zero-order valence-corrected chi connectivity index (χ0v) is 7.78. The summed E-state index contributed by atoms with van der Waals surface area (Å²) in [5, 5.41) is 8.64. The number of carbonyl (C=O) groups excluding carboxylic acids is 2. The Morgan fingerprint density at radius 3 is 2.73 bits per heavy atom. The minimum atomic E-state index is -0.980. The molecule has 1 rings (SSSR count). The number of benzene rings is 1. The number of aldehydes is 1. The lowest BCUT2D eigenvalue weighted by atomic mass is 10.0. The van der Waals surface area contributed by atoms with Crippen LogP contribution in [0.1, 0.15) is 26.3 Å². The molecule has 0 N–H and O–H groups in total. The second-order valence-corrected chi connectivity index (χ2v) is 2.60. The van der Waals surface area contributed by atoms with Gasteiger partial charge < -0.3 is 4.74 Å². The number of hydrogen-bond acceptors (Lipinski definition) is 4. The minimum Gasteiger partial charge on any atom is -0.465 e. The molecule has 0 amide bonds. The Bertz CT molecular complexity index is 462. The van der Waals surface area contributed by atoms with Gasteiger partial charge in [-0.05, 0) is 12.1 Å². The fourth-order valence-electron chi connectivity index (χ4n) is 1.12. The maximum atomic E-state index is 13.2. The van der Waals surface area contributed by atoms with Gasteiger partial charge >= 0.3 is 5.97 Å². The SMILES string of the molecule is COC(=O)c1c(F)ccc(C#N)c1C=O. The molecular formula is C10H6FNO3. The molecule has 0 fully saturated rings. The fourth-order valence-corrected chi connectivity index (χ4v) is 1.12. The summed E-state index contributed by atoms with van der Waals surface area (Å²) in [5.41, 5.74) is -0.859. The summed E-state index contributed by atoms with van der Waals surface area (Å²) in [4.78, 5) is 21.8. The maximum absolute atomic E-state index is 13.2. The molecule has 0 aliphatic heterocycles. The topological polar surface area (TPSA) is 67.2 Å². The van der Waals surface area contributed by atoms with Crippen molar-refractivity contribution in [3.63, 3.8) is 0 Å². The maximum Gasteiger partial charge on any atom is 0.341 e. The molecule has 0 unspecified atom stereocenters. The standard InChI is InChI=1S/C10H6FNO3/c1-15-10(14)9-7(5-13)6(4-12)2-3-8(9)11/h2-3,5H,1H3. The molecule has 0 aliphatic rings. The van der Waals surface area contributed by atoms with Crippen molar-refractivity contribution in [3.8, 4) is 6.07 Å². The number of halogens is 1. The van der Waals surface area contributed by atoms with Gasteiger partial charge in [0.2, 0.25) is 0 Å². The Balaban J connectivity index is 3.54. The first-order valence-corrected chi connectivity index (χ1v) is 3.91. The number of nitriles is 1. The van der Waals surface area contributed by atoms with Gasteiger partial charge in [-0.2, -0.15) is 5.26 Å². The zero-order valence-electron chi connectivity index (χ0n) is 7.78. The molecule has 0 saturated carbocycles. The van der Waals surface area contributed by atoms with Crippen molar-refractivity contribution >= 4 is 12.3 Å². The van der Waals surface area contributed by atoms with Crippen LogP contribution in [0.4, 0.5) is 4.39 Å². The molecule has 5 heteroatoms. The van der Waals surface area contributed by atoms with E-state index in [0.717, 1.165) is 19.2 Å². The largest absolute Gasteiger partial charge is 0.465 e. The van der Waals surface area contributed by atoms with Crippen LogP contribution in [-0.4, -0.2) is 19.4 Å². The molecule has 76 valence electrons. The molecule has 0 saturated heterocycles. The summed E-state index contributed by atoms with van der Waals surface area (Å²) in [6.45, 7) is 0. The molecule has 15 heavy (non-hydrogen) atoms. The van der Waals surface area contributed by atoms with Crippen LogP contribution in [0, 0.1) is 17.1 Å². The Labute approximate surface area is 84.9 Å². The van der Waals surface area contributed by atoms with Gasteiger partial charge in [-0.15, -0.1) is 0 Å².